The van der Waals surface area contributed by atoms with Gasteiger partial charge < -0.3 is 19.8 Å². The molecule has 2 radical (unpaired) electrons. The summed E-state index contributed by atoms with van der Waals surface area (Å²) in [7, 11) is 0. The normalized spacial score (nSPS) is 7.82. The van der Waals surface area contributed by atoms with Gasteiger partial charge in [0.2, 0.25) is 0 Å². The van der Waals surface area contributed by atoms with Crippen molar-refractivity contribution in [1.29, 1.82) is 0 Å². The number of carbonyl (C=O) groups is 4. The topological polar surface area (TPSA) is 133 Å². The van der Waals surface area contributed by atoms with E-state index in [9.17, 15) is 29.4 Å². The zero-order chi connectivity index (χ0) is 17.3. The zero-order valence-electron chi connectivity index (χ0n) is 13.3. The van der Waals surface area contributed by atoms with Gasteiger partial charge in [-0.3, -0.25) is 0 Å². The number of carboxylic acids is 2. The van der Waals surface area contributed by atoms with E-state index in [-0.39, 0.29) is 62.5 Å². The van der Waals surface area contributed by atoms with Crippen molar-refractivity contribution in [2.24, 2.45) is 0 Å². The number of hydrogen-bond donors (Lipinski definition) is 0. The molecular formula is C12H20CaO8Pb. The maximum atomic E-state index is 10.5. The fourth-order valence-corrected chi connectivity index (χ4v) is 2.26. The molecule has 0 N–H and O–H groups in total. The molecule has 10 heteroatoms. The first-order valence-electron chi connectivity index (χ1n) is 6.28. The molecule has 0 aliphatic carbocycles. The van der Waals surface area contributed by atoms with Gasteiger partial charge in [-0.1, -0.05) is 13.8 Å². The summed E-state index contributed by atoms with van der Waals surface area (Å²) in [5, 5.41) is 18.5. The predicted molar refractivity (Wildman–Crippen MR) is 74.9 cm³/mol. The summed E-state index contributed by atoms with van der Waals surface area (Å²) >= 11 is -1.86. The molecule has 0 heterocycles. The standard InChI is InChI=1S/4C3H6O2.Ca.Pb/c4*1-2-3(4)5;;/h4*2H2,1H3,(H,4,5);;/q;;;;2*+2/p-4. The number of carbonyl (C=O) groups excluding carboxylic acids is 4. The smallest absolute Gasteiger partial charge is 2.00 e. The van der Waals surface area contributed by atoms with Crippen molar-refractivity contribution < 1.29 is 34.8 Å². The summed E-state index contributed by atoms with van der Waals surface area (Å²) in [6.07, 6.45) is 0.910. The Bertz CT molecular complexity index is 292. The van der Waals surface area contributed by atoms with Crippen molar-refractivity contribution in [3.8, 4) is 0 Å². The molecule has 0 unspecified atom stereocenters. The Kier molecular flexibility index (Phi) is 31.8. The summed E-state index contributed by atoms with van der Waals surface area (Å²) in [4.78, 5) is 39.5. The molecule has 0 aliphatic heterocycles. The van der Waals surface area contributed by atoms with Crippen molar-refractivity contribution >= 4 is 86.8 Å². The first-order valence-corrected chi connectivity index (χ1v) is 9.46. The molecule has 0 atom stereocenters. The van der Waals surface area contributed by atoms with Gasteiger partial charge >= 0.3 is 116 Å². The van der Waals surface area contributed by atoms with E-state index in [2.05, 4.69) is 5.37 Å². The zero-order valence-corrected chi connectivity index (χ0v) is 19.4. The van der Waals surface area contributed by atoms with Crippen molar-refractivity contribution in [2.45, 2.75) is 53.4 Å². The van der Waals surface area contributed by atoms with Gasteiger partial charge in [-0.25, -0.2) is 0 Å². The molecule has 0 amide bonds. The van der Waals surface area contributed by atoms with Gasteiger partial charge in [0.15, 0.2) is 0 Å². The van der Waals surface area contributed by atoms with Gasteiger partial charge in [-0.05, 0) is 12.8 Å². The predicted octanol–water partition coefficient (Wildman–Crippen LogP) is -1.66. The number of rotatable bonds is 6. The molecule has 22 heavy (non-hydrogen) atoms. The number of hydrogen-bond acceptors (Lipinski definition) is 8. The average Bonchev–Trinajstić information content (AvgIpc) is 2.47. The van der Waals surface area contributed by atoms with Gasteiger partial charge in [0.1, 0.15) is 0 Å². The van der Waals surface area contributed by atoms with Crippen molar-refractivity contribution in [3.63, 3.8) is 0 Å². The van der Waals surface area contributed by atoms with Gasteiger partial charge in [0, 0.05) is 11.9 Å². The van der Waals surface area contributed by atoms with Crippen LogP contribution in [0.2, 0.25) is 0 Å². The Balaban J connectivity index is -0.000000124. The average molecular weight is 540 g/mol. The fourth-order valence-electron chi connectivity index (χ4n) is 0.258. The summed E-state index contributed by atoms with van der Waals surface area (Å²) < 4.78 is 9.35. The molecule has 0 rings (SSSR count). The monoisotopic (exact) mass is 540 g/mol. The van der Waals surface area contributed by atoms with Crippen LogP contribution in [0.4, 0.5) is 0 Å². The van der Waals surface area contributed by atoms with E-state index in [0.29, 0.717) is 12.8 Å². The molecule has 122 valence electrons. The van der Waals surface area contributed by atoms with Crippen molar-refractivity contribution in [1.82, 2.24) is 0 Å². The van der Waals surface area contributed by atoms with Gasteiger partial charge in [0.25, 0.3) is 0 Å². The van der Waals surface area contributed by atoms with Crippen LogP contribution in [0.5, 0.6) is 0 Å². The third kappa shape index (κ3) is 36.9. The van der Waals surface area contributed by atoms with E-state index >= 15 is 0 Å². The number of carboxylic acid groups (broad SMARTS) is 2. The quantitative estimate of drug-likeness (QED) is 0.367. The van der Waals surface area contributed by atoms with Crippen molar-refractivity contribution in [2.75, 3.05) is 0 Å². The first kappa shape index (κ1) is 30.0. The molecule has 0 spiro atoms. The summed E-state index contributed by atoms with van der Waals surface area (Å²) in [6.45, 7) is 6.48. The van der Waals surface area contributed by atoms with Crippen LogP contribution in [0.15, 0.2) is 0 Å². The Morgan fingerprint density at radius 2 is 0.955 bits per heavy atom. The maximum Gasteiger partial charge on any atom is 2.00 e. The third-order valence-corrected chi connectivity index (χ3v) is 3.88. The van der Waals surface area contributed by atoms with Crippen LogP contribution in [0, 0.1) is 0 Å². The van der Waals surface area contributed by atoms with Gasteiger partial charge in [0.05, 0.1) is 0 Å². The molecule has 0 saturated carbocycles. The van der Waals surface area contributed by atoms with E-state index in [1.807, 2.05) is 0 Å². The minimum Gasteiger partial charge on any atom is 2.00 e. The Morgan fingerprint density at radius 3 is 1.09 bits per heavy atom. The largest absolute Gasteiger partial charge is 2.00 e. The summed E-state index contributed by atoms with van der Waals surface area (Å²) in [6, 6.07) is 0. The van der Waals surface area contributed by atoms with Crippen LogP contribution in [0.25, 0.3) is 0 Å². The summed E-state index contributed by atoms with van der Waals surface area (Å²) in [5.41, 5.74) is 0. The molecule has 0 aromatic carbocycles. The molecule has 0 aliphatic rings. The molecule has 0 aromatic heterocycles. The maximum absolute atomic E-state index is 10.5. The minimum atomic E-state index is -1.86. The SMILES string of the molecule is CCC(=O)[O-].CCC(=O)[O-].CCC(=O)[O][Pb][O]C(=O)CC.[Ca+2]. The Morgan fingerprint density at radius 1 is 0.727 bits per heavy atom. The molecule has 0 aromatic rings. The molecule has 0 fully saturated rings. The Labute approximate surface area is 173 Å². The number of aliphatic carboxylic acids is 2. The second-order valence-electron chi connectivity index (χ2n) is 3.19. The van der Waals surface area contributed by atoms with E-state index < -0.39 is 37.1 Å². The van der Waals surface area contributed by atoms with Crippen LogP contribution >= 0.6 is 0 Å². The summed E-state index contributed by atoms with van der Waals surface area (Å²) in [5.74, 6) is -2.55. The van der Waals surface area contributed by atoms with Crippen LogP contribution in [-0.4, -0.2) is 86.8 Å². The minimum absolute atomic E-state index is 0. The molecular weight excluding hydrogens is 519 g/mol. The van der Waals surface area contributed by atoms with E-state index in [0.717, 1.165) is 0 Å². The molecule has 0 bridgehead atoms. The van der Waals surface area contributed by atoms with Crippen LogP contribution in [-0.2, 0) is 24.6 Å². The van der Waals surface area contributed by atoms with Crippen LogP contribution in [0.1, 0.15) is 53.4 Å². The van der Waals surface area contributed by atoms with Crippen LogP contribution < -0.4 is 10.2 Å². The van der Waals surface area contributed by atoms with E-state index in [4.69, 9.17) is 0 Å². The second kappa shape index (κ2) is 23.3. The second-order valence-corrected chi connectivity index (χ2v) is 5.42. The van der Waals surface area contributed by atoms with Gasteiger partial charge in [-0.2, -0.15) is 0 Å². The first-order chi connectivity index (χ1) is 9.74. The van der Waals surface area contributed by atoms with E-state index in [1.54, 1.807) is 13.8 Å². The van der Waals surface area contributed by atoms with Gasteiger partial charge in [-0.15, -0.1) is 0 Å². The molecule has 8 nitrogen and oxygen atoms in total. The Hall–Kier alpha value is 0.0618. The van der Waals surface area contributed by atoms with Crippen LogP contribution in [0.3, 0.4) is 0 Å². The third-order valence-electron chi connectivity index (χ3n) is 1.47. The molecule has 0 saturated heterocycles. The van der Waals surface area contributed by atoms with Crippen molar-refractivity contribution in [3.05, 3.63) is 0 Å². The van der Waals surface area contributed by atoms with E-state index in [1.165, 1.54) is 13.8 Å². The fraction of sp³-hybridized carbons (Fsp3) is 0.667.